The van der Waals surface area contributed by atoms with Gasteiger partial charge in [0.1, 0.15) is 5.75 Å². The van der Waals surface area contributed by atoms with E-state index in [-0.39, 0.29) is 17.7 Å². The van der Waals surface area contributed by atoms with E-state index in [4.69, 9.17) is 4.74 Å². The topological polar surface area (TPSA) is 69.0 Å². The molecule has 7 heteroatoms. The summed E-state index contributed by atoms with van der Waals surface area (Å²) in [5.41, 5.74) is 3.16. The Morgan fingerprint density at radius 1 is 1.10 bits per heavy atom. The molecule has 1 amide bonds. The lowest BCUT2D eigenvalue weighted by molar-refractivity contribution is -0.119. The largest absolute Gasteiger partial charge is 0.497 e. The van der Waals surface area contributed by atoms with Crippen LogP contribution in [0.3, 0.4) is 0 Å². The van der Waals surface area contributed by atoms with Gasteiger partial charge in [-0.05, 0) is 55.2 Å². The highest BCUT2D eigenvalue weighted by Crippen LogP contribution is 2.32. The van der Waals surface area contributed by atoms with Crippen LogP contribution < -0.4 is 10.1 Å². The first-order valence-corrected chi connectivity index (χ1v) is 11.5. The summed E-state index contributed by atoms with van der Waals surface area (Å²) in [5, 5.41) is 12.6. The molecule has 1 N–H and O–H groups in total. The Bertz CT molecular complexity index is 1010. The Labute approximate surface area is 188 Å². The van der Waals surface area contributed by atoms with Gasteiger partial charge in [0.2, 0.25) is 5.91 Å². The third-order valence-corrected chi connectivity index (χ3v) is 6.06. The van der Waals surface area contributed by atoms with Gasteiger partial charge in [-0.25, -0.2) is 0 Å². The number of carbonyl (C=O) groups is 1. The lowest BCUT2D eigenvalue weighted by Crippen LogP contribution is -2.33. The van der Waals surface area contributed by atoms with Gasteiger partial charge >= 0.3 is 0 Å². The van der Waals surface area contributed by atoms with Gasteiger partial charge in [-0.3, -0.25) is 9.36 Å². The number of nitrogens with zero attached hydrogens (tertiary/aromatic N) is 3. The molecule has 1 heterocycles. The van der Waals surface area contributed by atoms with E-state index in [2.05, 4.69) is 53.0 Å². The Morgan fingerprint density at radius 3 is 2.45 bits per heavy atom. The molecular formula is C24H30N4O2S. The second-order valence-corrected chi connectivity index (χ2v) is 8.69. The van der Waals surface area contributed by atoms with Crippen molar-refractivity contribution >= 4 is 17.7 Å². The fraction of sp³-hybridized carbons (Fsp3) is 0.375. The summed E-state index contributed by atoms with van der Waals surface area (Å²) in [6.07, 6.45) is 0.899. The third-order valence-electron chi connectivity index (χ3n) is 5.13. The molecule has 0 fully saturated rings. The number of para-hydroxylation sites is 1. The van der Waals surface area contributed by atoms with Gasteiger partial charge < -0.3 is 10.1 Å². The Hall–Kier alpha value is -2.80. The van der Waals surface area contributed by atoms with E-state index in [1.807, 2.05) is 43.3 Å². The Kier molecular flexibility index (Phi) is 7.74. The van der Waals surface area contributed by atoms with Gasteiger partial charge in [-0.15, -0.1) is 10.2 Å². The number of aromatic nitrogens is 3. The van der Waals surface area contributed by atoms with E-state index in [9.17, 15) is 4.79 Å². The molecule has 2 aromatic carbocycles. The van der Waals surface area contributed by atoms with Crippen LogP contribution in [0, 0.1) is 0 Å². The highest BCUT2D eigenvalue weighted by molar-refractivity contribution is 7.99. The highest BCUT2D eigenvalue weighted by Gasteiger charge is 2.20. The van der Waals surface area contributed by atoms with Gasteiger partial charge in [0.25, 0.3) is 0 Å². The summed E-state index contributed by atoms with van der Waals surface area (Å²) < 4.78 is 7.34. The number of hydrogen-bond acceptors (Lipinski definition) is 5. The smallest absolute Gasteiger partial charge is 0.230 e. The van der Waals surface area contributed by atoms with E-state index in [1.54, 1.807) is 7.11 Å². The number of hydrogen-bond donors (Lipinski definition) is 1. The monoisotopic (exact) mass is 438 g/mol. The molecule has 6 nitrogen and oxygen atoms in total. The molecule has 0 bridgehead atoms. The molecule has 0 radical (unpaired) electrons. The Balaban J connectivity index is 2.02. The van der Waals surface area contributed by atoms with E-state index in [1.165, 1.54) is 17.3 Å². The zero-order chi connectivity index (χ0) is 22.4. The lowest BCUT2D eigenvalue weighted by Gasteiger charge is -2.17. The molecule has 0 saturated heterocycles. The summed E-state index contributed by atoms with van der Waals surface area (Å²) in [7, 11) is 1.65. The predicted molar refractivity (Wildman–Crippen MR) is 126 cm³/mol. The van der Waals surface area contributed by atoms with Crippen molar-refractivity contribution < 1.29 is 9.53 Å². The normalized spacial score (nSPS) is 12.1. The summed E-state index contributed by atoms with van der Waals surface area (Å²) in [6, 6.07) is 16.2. The van der Waals surface area contributed by atoms with Crippen molar-refractivity contribution in [3.63, 3.8) is 0 Å². The van der Waals surface area contributed by atoms with Crippen LogP contribution in [0.2, 0.25) is 0 Å². The highest BCUT2D eigenvalue weighted by atomic mass is 32.2. The zero-order valence-corrected chi connectivity index (χ0v) is 19.6. The first-order chi connectivity index (χ1) is 14.9. The molecule has 3 rings (SSSR count). The van der Waals surface area contributed by atoms with Crippen LogP contribution in [-0.4, -0.2) is 39.6 Å². The van der Waals surface area contributed by atoms with Crippen molar-refractivity contribution in [3.8, 4) is 22.8 Å². The fourth-order valence-corrected chi connectivity index (χ4v) is 3.99. The maximum Gasteiger partial charge on any atom is 0.230 e. The van der Waals surface area contributed by atoms with Crippen LogP contribution >= 0.6 is 11.8 Å². The van der Waals surface area contributed by atoms with Crippen LogP contribution in [0.5, 0.6) is 5.75 Å². The SMILES string of the molecule is CC[C@@H](C)NC(=O)CSc1nnc(-c2ccc(OC)cc2)n1-c1ccccc1C(C)C. The minimum Gasteiger partial charge on any atom is -0.497 e. The lowest BCUT2D eigenvalue weighted by atomic mass is 10.0. The van der Waals surface area contributed by atoms with Crippen LogP contribution in [0.15, 0.2) is 53.7 Å². The maximum atomic E-state index is 12.4. The van der Waals surface area contributed by atoms with Gasteiger partial charge in [-0.1, -0.05) is 50.7 Å². The van der Waals surface area contributed by atoms with Crippen molar-refractivity contribution in [1.29, 1.82) is 0 Å². The van der Waals surface area contributed by atoms with E-state index >= 15 is 0 Å². The van der Waals surface area contributed by atoms with Crippen molar-refractivity contribution in [2.45, 2.75) is 51.2 Å². The molecule has 0 aliphatic carbocycles. The second-order valence-electron chi connectivity index (χ2n) is 7.75. The summed E-state index contributed by atoms with van der Waals surface area (Å²) in [4.78, 5) is 12.4. The molecular weight excluding hydrogens is 408 g/mol. The number of methoxy groups -OCH3 is 1. The van der Waals surface area contributed by atoms with E-state index in [0.717, 1.165) is 29.2 Å². The summed E-state index contributed by atoms with van der Waals surface area (Å²) in [5.74, 6) is 2.13. The standard InChI is InChI=1S/C24H30N4O2S/c1-6-17(4)25-22(29)15-31-24-27-26-23(18-11-13-19(30-5)14-12-18)28(24)21-10-8-7-9-20(21)16(2)3/h7-14,16-17H,6,15H2,1-5H3,(H,25,29)/t17-/m1/s1. The molecule has 0 spiro atoms. The fourth-order valence-electron chi connectivity index (χ4n) is 3.24. The third kappa shape index (κ3) is 5.47. The molecule has 1 atom stereocenters. The summed E-state index contributed by atoms with van der Waals surface area (Å²) >= 11 is 1.40. The van der Waals surface area contributed by atoms with Gasteiger partial charge in [0, 0.05) is 11.6 Å². The van der Waals surface area contributed by atoms with Crippen LogP contribution in [-0.2, 0) is 4.79 Å². The first-order valence-electron chi connectivity index (χ1n) is 10.6. The summed E-state index contributed by atoms with van der Waals surface area (Å²) in [6.45, 7) is 8.40. The number of carbonyl (C=O) groups excluding carboxylic acids is 1. The number of rotatable bonds is 9. The minimum absolute atomic E-state index is 0.00274. The molecule has 164 valence electrons. The van der Waals surface area contributed by atoms with Crippen molar-refractivity contribution in [2.24, 2.45) is 0 Å². The first kappa shape index (κ1) is 22.9. The zero-order valence-electron chi connectivity index (χ0n) is 18.8. The molecule has 0 aliphatic rings. The molecule has 3 aromatic rings. The number of nitrogens with one attached hydrogen (secondary N) is 1. The molecule has 0 aliphatic heterocycles. The Morgan fingerprint density at radius 2 is 1.81 bits per heavy atom. The number of ether oxygens (including phenoxy) is 1. The number of benzene rings is 2. The molecule has 0 saturated carbocycles. The van der Waals surface area contributed by atoms with Crippen molar-refractivity contribution in [3.05, 3.63) is 54.1 Å². The van der Waals surface area contributed by atoms with Crippen molar-refractivity contribution in [1.82, 2.24) is 20.1 Å². The van der Waals surface area contributed by atoms with E-state index < -0.39 is 0 Å². The molecule has 1 aromatic heterocycles. The van der Waals surface area contributed by atoms with Crippen LogP contribution in [0.25, 0.3) is 17.1 Å². The molecule has 31 heavy (non-hydrogen) atoms. The van der Waals surface area contributed by atoms with E-state index in [0.29, 0.717) is 11.1 Å². The number of amides is 1. The maximum absolute atomic E-state index is 12.4. The molecule has 0 unspecified atom stereocenters. The van der Waals surface area contributed by atoms with Crippen molar-refractivity contribution in [2.75, 3.05) is 12.9 Å². The average Bonchev–Trinajstić information content (AvgIpc) is 3.21. The minimum atomic E-state index is -0.00274. The second kappa shape index (κ2) is 10.5. The van der Waals surface area contributed by atoms with Crippen LogP contribution in [0.1, 0.15) is 45.6 Å². The van der Waals surface area contributed by atoms with Gasteiger partial charge in [0.05, 0.1) is 18.6 Å². The number of thioether (sulfide) groups is 1. The van der Waals surface area contributed by atoms with Gasteiger partial charge in [0.15, 0.2) is 11.0 Å². The van der Waals surface area contributed by atoms with Gasteiger partial charge in [-0.2, -0.15) is 0 Å². The quantitative estimate of drug-likeness (QED) is 0.472. The average molecular weight is 439 g/mol. The predicted octanol–water partition coefficient (Wildman–Crippen LogP) is 5.07. The van der Waals surface area contributed by atoms with Crippen LogP contribution in [0.4, 0.5) is 0 Å².